The van der Waals surface area contributed by atoms with Crippen LogP contribution in [-0.4, -0.2) is 89.7 Å². The summed E-state index contributed by atoms with van der Waals surface area (Å²) in [6.45, 7) is 2.92. The van der Waals surface area contributed by atoms with Gasteiger partial charge in [0, 0.05) is 23.3 Å². The number of carbonyl (C=O) groups is 1. The van der Waals surface area contributed by atoms with Crippen LogP contribution in [0, 0.1) is 5.92 Å². The van der Waals surface area contributed by atoms with Crippen LogP contribution in [0.4, 0.5) is 0 Å². The number of fused-ring (bicyclic) bond motifs is 1. The molecule has 8 N–H and O–H groups in total. The molecule has 0 saturated carbocycles. The number of hydrogen-bond acceptors (Lipinski definition) is 14. The van der Waals surface area contributed by atoms with E-state index in [9.17, 15) is 50.4 Å². The largest absolute Gasteiger partial charge is 0.508 e. The van der Waals surface area contributed by atoms with Crippen LogP contribution in [0.25, 0.3) is 22.3 Å². The van der Waals surface area contributed by atoms with Gasteiger partial charge in [0.25, 0.3) is 0 Å². The molecule has 0 unspecified atom stereocenters. The van der Waals surface area contributed by atoms with E-state index in [0.29, 0.717) is 24.8 Å². The van der Waals surface area contributed by atoms with Crippen LogP contribution in [-0.2, 0) is 14.3 Å². The molecule has 1 aliphatic heterocycles. The van der Waals surface area contributed by atoms with Crippen molar-refractivity contribution >= 4 is 16.9 Å². The predicted octanol–water partition coefficient (Wildman–Crippen LogP) is 1.51. The van der Waals surface area contributed by atoms with Crippen molar-refractivity contribution in [2.24, 2.45) is 5.92 Å². The van der Waals surface area contributed by atoms with Gasteiger partial charge >= 0.3 is 5.97 Å². The normalized spacial score (nSPS) is 25.5. The summed E-state index contributed by atoms with van der Waals surface area (Å²) < 4.78 is 22.0. The Bertz CT molecular complexity index is 1690. The summed E-state index contributed by atoms with van der Waals surface area (Å²) in [5.41, 5.74) is -1.71. The monoisotopic (exact) mass is 630 g/mol. The summed E-state index contributed by atoms with van der Waals surface area (Å²) in [6, 6.07) is 5.49. The number of allylic oxidation sites excluding steroid dienone is 1. The minimum atomic E-state index is -1.78. The van der Waals surface area contributed by atoms with Gasteiger partial charge < -0.3 is 59.5 Å². The maximum atomic E-state index is 12.7. The van der Waals surface area contributed by atoms with Gasteiger partial charge in [0.15, 0.2) is 17.3 Å². The molecule has 0 bridgehead atoms. The fourth-order valence-corrected chi connectivity index (χ4v) is 5.42. The Morgan fingerprint density at radius 1 is 1.00 bits per heavy atom. The van der Waals surface area contributed by atoms with Crippen molar-refractivity contribution in [3.05, 3.63) is 52.2 Å². The van der Waals surface area contributed by atoms with Gasteiger partial charge in [-0.15, -0.1) is 0 Å². The maximum absolute atomic E-state index is 12.7. The van der Waals surface area contributed by atoms with Gasteiger partial charge in [0.2, 0.25) is 17.5 Å². The number of esters is 1. The Morgan fingerprint density at radius 3 is 2.38 bits per heavy atom. The highest BCUT2D eigenvalue weighted by Crippen LogP contribution is 2.39. The Balaban J connectivity index is 1.29. The Kier molecular flexibility index (Phi) is 8.70. The first-order chi connectivity index (χ1) is 21.1. The zero-order valence-corrected chi connectivity index (χ0v) is 24.3. The van der Waals surface area contributed by atoms with E-state index < -0.39 is 83.1 Å². The third-order valence-electron chi connectivity index (χ3n) is 8.12. The quantitative estimate of drug-likeness (QED) is 0.173. The number of ether oxygens (including phenoxy) is 3. The minimum Gasteiger partial charge on any atom is -0.508 e. The van der Waals surface area contributed by atoms with E-state index in [-0.39, 0.29) is 28.2 Å². The summed E-state index contributed by atoms with van der Waals surface area (Å²) in [5.74, 6) is -3.78. The number of hydrogen-bond donors (Lipinski definition) is 8. The smallest absolute Gasteiger partial charge is 0.333 e. The fourth-order valence-electron chi connectivity index (χ4n) is 5.42. The summed E-state index contributed by atoms with van der Waals surface area (Å²) in [7, 11) is 0. The molecule has 3 aromatic rings. The number of aliphatic hydroxyl groups is 4. The Hall–Kier alpha value is -4.34. The first-order valence-corrected chi connectivity index (χ1v) is 14.2. The number of phenolic OH excluding ortho intramolecular Hbond substituents is 3. The predicted molar refractivity (Wildman–Crippen MR) is 155 cm³/mol. The number of aliphatic hydroxyl groups excluding tert-OH is 3. The lowest BCUT2D eigenvalue weighted by atomic mass is 9.79. The van der Waals surface area contributed by atoms with Gasteiger partial charge in [0.05, 0.1) is 5.60 Å². The van der Waals surface area contributed by atoms with E-state index in [1.54, 1.807) is 19.9 Å². The molecule has 45 heavy (non-hydrogen) atoms. The van der Waals surface area contributed by atoms with E-state index in [2.05, 4.69) is 0 Å². The molecule has 5 rings (SSSR count). The Labute approximate surface area is 255 Å². The first kappa shape index (κ1) is 32.1. The van der Waals surface area contributed by atoms with Crippen molar-refractivity contribution in [2.75, 3.05) is 6.61 Å². The minimum absolute atomic E-state index is 0.00423. The number of rotatable bonds is 7. The van der Waals surface area contributed by atoms with Crippen molar-refractivity contribution in [3.8, 4) is 40.1 Å². The average Bonchev–Trinajstić information content (AvgIpc) is 2.98. The third-order valence-corrected chi connectivity index (χ3v) is 8.12. The van der Waals surface area contributed by atoms with Crippen LogP contribution in [0.3, 0.4) is 0 Å². The zero-order chi connectivity index (χ0) is 32.8. The van der Waals surface area contributed by atoms with Crippen LogP contribution in [0.1, 0.15) is 33.1 Å². The molecule has 1 aromatic heterocycles. The fraction of sp³-hybridized carbons (Fsp3) is 0.419. The molecular weight excluding hydrogens is 596 g/mol. The molecule has 2 heterocycles. The summed E-state index contributed by atoms with van der Waals surface area (Å²) in [6.07, 6.45) is -5.01. The van der Waals surface area contributed by atoms with Gasteiger partial charge in [-0.25, -0.2) is 4.79 Å². The summed E-state index contributed by atoms with van der Waals surface area (Å²) in [5, 5.41) is 82.1. The second-order valence-electron chi connectivity index (χ2n) is 11.7. The van der Waals surface area contributed by atoms with Crippen molar-refractivity contribution < 1.29 is 64.3 Å². The molecule has 0 spiro atoms. The molecule has 6 atom stereocenters. The van der Waals surface area contributed by atoms with Crippen molar-refractivity contribution in [3.63, 3.8) is 0 Å². The van der Waals surface area contributed by atoms with Crippen LogP contribution in [0.5, 0.6) is 28.7 Å². The van der Waals surface area contributed by atoms with Gasteiger partial charge in [-0.2, -0.15) is 0 Å². The number of phenols is 3. The van der Waals surface area contributed by atoms with Crippen molar-refractivity contribution in [1.29, 1.82) is 0 Å². The van der Waals surface area contributed by atoms with Gasteiger partial charge in [-0.05, 0) is 57.2 Å². The van der Waals surface area contributed by atoms with Crippen LogP contribution in [0.2, 0.25) is 0 Å². The van der Waals surface area contributed by atoms with Gasteiger partial charge in [0.1, 0.15) is 53.5 Å². The third kappa shape index (κ3) is 6.41. The number of benzene rings is 2. The SMILES string of the molecule is CC(C)(O)[C@H]1CC=C(C(=O)OC[C@H]2O[C@H](Oc3ccc(-c4oc5cc(O)cc(O)c5c(=O)c4O)cc3O)[C@H](O)[C@@H](O)[C@@H]2O)CC1. The summed E-state index contributed by atoms with van der Waals surface area (Å²) >= 11 is 0. The van der Waals surface area contributed by atoms with E-state index in [1.165, 1.54) is 12.1 Å². The molecule has 14 heteroatoms. The van der Waals surface area contributed by atoms with Crippen LogP contribution in [0.15, 0.2) is 51.2 Å². The van der Waals surface area contributed by atoms with Gasteiger partial charge in [-0.3, -0.25) is 4.79 Å². The first-order valence-electron chi connectivity index (χ1n) is 14.2. The number of carbonyl (C=O) groups excluding carboxylic acids is 1. The van der Waals surface area contributed by atoms with E-state index in [4.69, 9.17) is 18.6 Å². The standard InChI is InChI=1S/C31H34O14/c1-31(2,41)15-6-3-13(4-7-15)29(40)42-12-21-23(35)25(37)27(39)30(45-21)44-19-8-5-14(9-17(19)33)28-26(38)24(36)22-18(34)10-16(32)11-20(22)43-28/h3,5,8-11,15,21,23,25,27,30,32-35,37-39,41H,4,6-7,12H2,1-2H3/t15-,21+,23+,25-,27+,30-/m0/s1. The Morgan fingerprint density at radius 2 is 1.73 bits per heavy atom. The second-order valence-corrected chi connectivity index (χ2v) is 11.7. The highest BCUT2D eigenvalue weighted by Gasteiger charge is 2.46. The summed E-state index contributed by atoms with van der Waals surface area (Å²) in [4.78, 5) is 25.3. The molecule has 242 valence electrons. The zero-order valence-electron chi connectivity index (χ0n) is 24.3. The lowest BCUT2D eigenvalue weighted by Crippen LogP contribution is -2.60. The highest BCUT2D eigenvalue weighted by atomic mass is 16.7. The molecule has 14 nitrogen and oxygen atoms in total. The molecule has 1 aliphatic carbocycles. The van der Waals surface area contributed by atoms with E-state index in [0.717, 1.165) is 18.2 Å². The lowest BCUT2D eigenvalue weighted by Gasteiger charge is -2.40. The maximum Gasteiger partial charge on any atom is 0.333 e. The molecule has 0 radical (unpaired) electrons. The lowest BCUT2D eigenvalue weighted by molar-refractivity contribution is -0.278. The highest BCUT2D eigenvalue weighted by molar-refractivity contribution is 5.89. The van der Waals surface area contributed by atoms with Gasteiger partial charge in [-0.1, -0.05) is 6.08 Å². The molecular formula is C31H34O14. The number of aromatic hydroxyl groups is 4. The van der Waals surface area contributed by atoms with E-state index >= 15 is 0 Å². The van der Waals surface area contributed by atoms with Crippen LogP contribution >= 0.6 is 0 Å². The molecule has 0 amide bonds. The second kappa shape index (κ2) is 12.2. The average molecular weight is 631 g/mol. The van der Waals surface area contributed by atoms with Crippen molar-refractivity contribution in [1.82, 2.24) is 0 Å². The topological polar surface area (TPSA) is 237 Å². The van der Waals surface area contributed by atoms with Crippen molar-refractivity contribution in [2.45, 2.75) is 69.4 Å². The molecule has 1 saturated heterocycles. The molecule has 2 aliphatic rings. The van der Waals surface area contributed by atoms with E-state index in [1.807, 2.05) is 0 Å². The molecule has 2 aromatic carbocycles. The van der Waals surface area contributed by atoms with Crippen LogP contribution < -0.4 is 10.2 Å². The molecule has 1 fully saturated rings.